The Morgan fingerprint density at radius 1 is 0.821 bits per heavy atom. The summed E-state index contributed by atoms with van der Waals surface area (Å²) in [5, 5.41) is 4.42. The van der Waals surface area contributed by atoms with Crippen molar-refractivity contribution < 1.29 is 51.0 Å². The third-order valence-corrected chi connectivity index (χ3v) is 12.4. The zero-order valence-corrected chi connectivity index (χ0v) is 28.2. The van der Waals surface area contributed by atoms with E-state index >= 15 is 0 Å². The molecule has 0 spiro atoms. The van der Waals surface area contributed by atoms with Crippen LogP contribution in [0, 0.1) is 6.92 Å². The maximum Gasteiger partial charge on any atom is 3.00 e. The number of allylic oxidation sites excluding steroid dienone is 1. The Bertz CT molecular complexity index is 1610. The van der Waals surface area contributed by atoms with Gasteiger partial charge >= 0.3 is 26.2 Å². The summed E-state index contributed by atoms with van der Waals surface area (Å²) in [5.41, 5.74) is 12.2. The zero-order valence-electron chi connectivity index (χ0n) is 23.2. The van der Waals surface area contributed by atoms with E-state index in [1.807, 2.05) is 0 Å². The number of benzene rings is 3. The third-order valence-electron chi connectivity index (χ3n) is 8.25. The van der Waals surface area contributed by atoms with E-state index in [9.17, 15) is 0 Å². The fraction of sp³-hybridized carbons (Fsp3) is 0.206. The minimum atomic E-state index is -1.12. The molecule has 197 valence electrons. The molecule has 1 atom stereocenters. The van der Waals surface area contributed by atoms with E-state index in [-0.39, 0.29) is 51.0 Å². The van der Waals surface area contributed by atoms with Crippen molar-refractivity contribution in [1.29, 1.82) is 0 Å². The molecule has 5 heteroatoms. The molecular weight excluding hydrogens is 613 g/mol. The van der Waals surface area contributed by atoms with Gasteiger partial charge in [0.15, 0.2) is 0 Å². The van der Waals surface area contributed by atoms with Gasteiger partial charge in [0, 0.05) is 23.6 Å². The molecule has 2 bridgehead atoms. The van der Waals surface area contributed by atoms with Crippen molar-refractivity contribution in [3.05, 3.63) is 125 Å². The number of fused-ring (bicyclic) bond motifs is 1. The largest absolute Gasteiger partial charge is 3.00 e. The molecule has 39 heavy (non-hydrogen) atoms. The number of aromatic nitrogens is 1. The quantitative estimate of drug-likeness (QED) is 0.210. The minimum Gasteiger partial charge on any atom is -1.00 e. The van der Waals surface area contributed by atoms with E-state index in [1.165, 1.54) is 44.3 Å². The molecule has 1 aromatic heterocycles. The first-order valence-electron chi connectivity index (χ1n) is 13.1. The Kier molecular flexibility index (Phi) is 9.88. The standard InChI is InChI=1S/C18H17.C16H17NSi.2ClH.Zr/c1-3-14-7-9-15(10-8-14)17-6-4-5-16-11-13(2)12-18(16)17;1-11-15-13-9-17(12-7-5-4-6-8-12)10-14(13)16(11)18(15,2)3;;;/h4-12H,3H2,1-2H3;4-10,15H,1-3H3;2*1H;/q-1;;;;+3/p-2. The van der Waals surface area contributed by atoms with Crippen molar-refractivity contribution in [2.45, 2.75) is 45.8 Å². The van der Waals surface area contributed by atoms with Crippen molar-refractivity contribution >= 4 is 24.0 Å². The predicted octanol–water partition coefficient (Wildman–Crippen LogP) is 3.25. The number of para-hydroxylation sites is 1. The molecule has 0 N–H and O–H groups in total. The fourth-order valence-corrected chi connectivity index (χ4v) is 11.0. The maximum atomic E-state index is 2.51. The van der Waals surface area contributed by atoms with Crippen LogP contribution < -0.4 is 24.8 Å². The molecule has 0 fully saturated rings. The normalized spacial score (nSPS) is 15.7. The second-order valence-corrected chi connectivity index (χ2v) is 15.5. The first-order valence-corrected chi connectivity index (χ1v) is 16.2. The van der Waals surface area contributed by atoms with Gasteiger partial charge in [0.2, 0.25) is 0 Å². The summed E-state index contributed by atoms with van der Waals surface area (Å²) in [6.45, 7) is 11.7. The van der Waals surface area contributed by atoms with Crippen molar-refractivity contribution in [1.82, 2.24) is 4.57 Å². The Morgan fingerprint density at radius 3 is 2.13 bits per heavy atom. The van der Waals surface area contributed by atoms with Crippen molar-refractivity contribution in [3.63, 3.8) is 0 Å². The molecule has 4 aromatic carbocycles. The zero-order chi connectivity index (χ0) is 25.0. The fourth-order valence-electron chi connectivity index (χ4n) is 6.66. The van der Waals surface area contributed by atoms with Crippen molar-refractivity contribution in [3.8, 4) is 16.8 Å². The van der Waals surface area contributed by atoms with Gasteiger partial charge in [-0.3, -0.25) is 0 Å². The van der Waals surface area contributed by atoms with Crippen LogP contribution in [0.15, 0.2) is 103 Å². The number of rotatable bonds is 3. The molecule has 1 nitrogen and oxygen atoms in total. The summed E-state index contributed by atoms with van der Waals surface area (Å²) in [6.07, 6.45) is 5.79. The first kappa shape index (κ1) is 31.5. The van der Waals surface area contributed by atoms with Gasteiger partial charge in [0.25, 0.3) is 0 Å². The number of aryl methyl sites for hydroxylation is 2. The summed E-state index contributed by atoms with van der Waals surface area (Å²) >= 11 is 0. The molecule has 0 amide bonds. The second-order valence-electron chi connectivity index (χ2n) is 11.0. The number of hydrogen-bond donors (Lipinski definition) is 0. The monoisotopic (exact) mass is 644 g/mol. The van der Waals surface area contributed by atoms with Gasteiger partial charge in [-0.15, -0.1) is 34.5 Å². The SMILES string of the molecule is CC1=C2c3cn(-c4ccccc4)cc3C1[Si]2(C)C.CCc1ccc(-c2cccc3[cH-]c(C)cc23)cc1.[Cl-].[Cl-].[Zr+3]. The smallest absolute Gasteiger partial charge is 1.00 e. The van der Waals surface area contributed by atoms with Crippen LogP contribution in [-0.2, 0) is 32.6 Å². The predicted molar refractivity (Wildman–Crippen MR) is 158 cm³/mol. The molecule has 8 rings (SSSR count). The molecule has 3 heterocycles. The van der Waals surface area contributed by atoms with Crippen LogP contribution in [0.1, 0.15) is 41.6 Å². The van der Waals surface area contributed by atoms with Gasteiger partial charge in [0.05, 0.1) is 8.07 Å². The Morgan fingerprint density at radius 2 is 1.51 bits per heavy atom. The van der Waals surface area contributed by atoms with E-state index in [0.717, 1.165) is 12.0 Å². The van der Waals surface area contributed by atoms with Crippen LogP contribution in [0.5, 0.6) is 0 Å². The van der Waals surface area contributed by atoms with Gasteiger partial charge in [-0.2, -0.15) is 6.07 Å². The molecule has 1 aliphatic carbocycles. The van der Waals surface area contributed by atoms with Crippen LogP contribution in [0.4, 0.5) is 0 Å². The Hall–Kier alpha value is -2.03. The topological polar surface area (TPSA) is 4.93 Å². The summed E-state index contributed by atoms with van der Waals surface area (Å²) in [5.74, 6) is 0. The van der Waals surface area contributed by atoms with Crippen molar-refractivity contribution in [2.24, 2.45) is 0 Å². The van der Waals surface area contributed by atoms with E-state index in [2.05, 4.69) is 136 Å². The van der Waals surface area contributed by atoms with Gasteiger partial charge in [-0.05, 0) is 47.7 Å². The third kappa shape index (κ3) is 5.36. The summed E-state index contributed by atoms with van der Waals surface area (Å²) < 4.78 is 2.29. The van der Waals surface area contributed by atoms with E-state index in [4.69, 9.17) is 0 Å². The molecule has 0 saturated carbocycles. The van der Waals surface area contributed by atoms with Crippen LogP contribution in [0.25, 0.3) is 32.8 Å². The molecule has 0 saturated heterocycles. The van der Waals surface area contributed by atoms with Gasteiger partial charge in [0.1, 0.15) is 0 Å². The molecule has 1 radical (unpaired) electrons. The van der Waals surface area contributed by atoms with Crippen LogP contribution in [0.2, 0.25) is 13.1 Å². The molecule has 2 aliphatic heterocycles. The van der Waals surface area contributed by atoms with Crippen LogP contribution in [0.3, 0.4) is 0 Å². The van der Waals surface area contributed by atoms with Crippen molar-refractivity contribution in [2.75, 3.05) is 0 Å². The molecule has 3 aliphatic rings. The van der Waals surface area contributed by atoms with Gasteiger partial charge in [-0.25, -0.2) is 0 Å². The summed E-state index contributed by atoms with van der Waals surface area (Å²) in [4.78, 5) is 0. The summed E-state index contributed by atoms with van der Waals surface area (Å²) in [7, 11) is -1.12. The molecular formula is C34H34Cl2NSiZr. The van der Waals surface area contributed by atoms with E-state index in [1.54, 1.807) is 16.3 Å². The number of hydrogen-bond acceptors (Lipinski definition) is 0. The number of halogens is 2. The van der Waals surface area contributed by atoms with Gasteiger partial charge < -0.3 is 29.4 Å². The molecule has 1 unspecified atom stereocenters. The Balaban J connectivity index is 0.000000200. The minimum absolute atomic E-state index is 0. The number of nitrogens with zero attached hydrogens (tertiary/aromatic N) is 1. The first-order chi connectivity index (χ1) is 17.4. The second kappa shape index (κ2) is 12.2. The van der Waals surface area contributed by atoms with E-state index < -0.39 is 8.07 Å². The van der Waals surface area contributed by atoms with Gasteiger partial charge in [-0.1, -0.05) is 91.8 Å². The average molecular weight is 647 g/mol. The van der Waals surface area contributed by atoms with Crippen LogP contribution >= 0.6 is 0 Å². The molecule has 5 aromatic rings. The van der Waals surface area contributed by atoms with Crippen LogP contribution in [-0.4, -0.2) is 12.6 Å². The Labute approximate surface area is 265 Å². The summed E-state index contributed by atoms with van der Waals surface area (Å²) in [6, 6.07) is 30.6. The maximum absolute atomic E-state index is 2.51. The average Bonchev–Trinajstić information content (AvgIpc) is 3.59. The van der Waals surface area contributed by atoms with E-state index in [0.29, 0.717) is 0 Å².